The Balaban J connectivity index is 2.56. The molecule has 15 heavy (non-hydrogen) atoms. The molecule has 3 N–H and O–H groups in total. The third-order valence-electron chi connectivity index (χ3n) is 3.54. The van der Waals surface area contributed by atoms with Gasteiger partial charge < -0.3 is 16.0 Å². The van der Waals surface area contributed by atoms with Gasteiger partial charge in [0.1, 0.15) is 0 Å². The van der Waals surface area contributed by atoms with Gasteiger partial charge in [0.05, 0.1) is 0 Å². The monoisotopic (exact) mass is 211 g/mol. The van der Waals surface area contributed by atoms with Crippen molar-refractivity contribution in [2.75, 3.05) is 26.7 Å². The van der Waals surface area contributed by atoms with Crippen molar-refractivity contribution >= 4 is 0 Å². The fourth-order valence-corrected chi connectivity index (χ4v) is 2.19. The quantitative estimate of drug-likeness (QED) is 0.681. The Bertz CT molecular complexity index is 227. The number of nitrogens with zero attached hydrogens (tertiary/aromatic N) is 1. The molecular weight excluding hydrogens is 186 g/mol. The molecule has 0 aromatic carbocycles. The van der Waals surface area contributed by atoms with Crippen LogP contribution < -0.4 is 11.1 Å². The van der Waals surface area contributed by atoms with Crippen LogP contribution in [0, 0.1) is 0 Å². The first-order valence-electron chi connectivity index (χ1n) is 5.79. The minimum Gasteiger partial charge on any atom is -0.329 e. The molecule has 0 saturated carbocycles. The zero-order valence-electron chi connectivity index (χ0n) is 10.3. The van der Waals surface area contributed by atoms with Crippen LogP contribution >= 0.6 is 0 Å². The lowest BCUT2D eigenvalue weighted by molar-refractivity contribution is 0.113. The van der Waals surface area contributed by atoms with Gasteiger partial charge >= 0.3 is 0 Å². The summed E-state index contributed by atoms with van der Waals surface area (Å²) in [6.07, 6.45) is 2.27. The Labute approximate surface area is 93.7 Å². The lowest BCUT2D eigenvalue weighted by Crippen LogP contribution is -2.59. The zero-order valence-corrected chi connectivity index (χ0v) is 10.3. The topological polar surface area (TPSA) is 41.3 Å². The Morgan fingerprint density at radius 3 is 2.80 bits per heavy atom. The lowest BCUT2D eigenvalue weighted by atomic mass is 9.83. The Hall–Kier alpha value is -0.380. The highest BCUT2D eigenvalue weighted by molar-refractivity contribution is 5.01. The summed E-state index contributed by atoms with van der Waals surface area (Å²) in [5.74, 6) is 0. The van der Waals surface area contributed by atoms with E-state index in [-0.39, 0.29) is 5.54 Å². The molecule has 1 heterocycles. The molecule has 0 aromatic rings. The molecule has 0 aromatic heterocycles. The summed E-state index contributed by atoms with van der Waals surface area (Å²) >= 11 is 0. The predicted molar refractivity (Wildman–Crippen MR) is 65.9 cm³/mol. The predicted octanol–water partition coefficient (Wildman–Crippen LogP) is 0.964. The fourth-order valence-electron chi connectivity index (χ4n) is 2.19. The van der Waals surface area contributed by atoms with Crippen molar-refractivity contribution in [1.29, 1.82) is 0 Å². The van der Waals surface area contributed by atoms with Crippen molar-refractivity contribution in [3.8, 4) is 0 Å². The number of hydrogen-bond acceptors (Lipinski definition) is 3. The maximum absolute atomic E-state index is 5.92. The molecule has 2 unspecified atom stereocenters. The minimum atomic E-state index is 0.130. The molecule has 3 heteroatoms. The highest BCUT2D eigenvalue weighted by atomic mass is 15.2. The number of nitrogens with one attached hydrogen (secondary N) is 1. The second-order valence-corrected chi connectivity index (χ2v) is 5.08. The second kappa shape index (κ2) is 5.10. The number of rotatable bonds is 4. The largest absolute Gasteiger partial charge is 0.329 e. The van der Waals surface area contributed by atoms with Crippen LogP contribution in [0.4, 0.5) is 0 Å². The van der Waals surface area contributed by atoms with Crippen LogP contribution in [0.2, 0.25) is 0 Å². The van der Waals surface area contributed by atoms with Gasteiger partial charge in [-0.2, -0.15) is 0 Å². The number of nitrogens with two attached hydrogens (primary N) is 1. The summed E-state index contributed by atoms with van der Waals surface area (Å²) < 4.78 is 0. The van der Waals surface area contributed by atoms with Gasteiger partial charge in [-0.25, -0.2) is 0 Å². The first-order valence-corrected chi connectivity index (χ1v) is 5.79. The summed E-state index contributed by atoms with van der Waals surface area (Å²) in [7, 11) is 2.18. The average Bonchev–Trinajstić information content (AvgIpc) is 2.20. The van der Waals surface area contributed by atoms with E-state index in [1.54, 1.807) is 0 Å². The molecule has 0 amide bonds. The summed E-state index contributed by atoms with van der Waals surface area (Å²) in [6, 6.07) is 0.611. The van der Waals surface area contributed by atoms with E-state index >= 15 is 0 Å². The van der Waals surface area contributed by atoms with Gasteiger partial charge in [0.25, 0.3) is 0 Å². The first-order chi connectivity index (χ1) is 6.99. The highest BCUT2D eigenvalue weighted by Crippen LogP contribution is 2.25. The molecule has 0 spiro atoms. The summed E-state index contributed by atoms with van der Waals surface area (Å²) in [6.45, 7) is 11.0. The van der Waals surface area contributed by atoms with Crippen molar-refractivity contribution in [2.45, 2.75) is 38.3 Å². The van der Waals surface area contributed by atoms with Gasteiger partial charge in [0.2, 0.25) is 0 Å². The lowest BCUT2D eigenvalue weighted by Gasteiger charge is -2.44. The molecular formula is C12H25N3. The number of piperidine rings is 1. The van der Waals surface area contributed by atoms with Gasteiger partial charge in [0, 0.05) is 24.7 Å². The molecule has 2 atom stereocenters. The fraction of sp³-hybridized carbons (Fsp3) is 0.833. The highest BCUT2D eigenvalue weighted by Gasteiger charge is 2.35. The van der Waals surface area contributed by atoms with E-state index in [4.69, 9.17) is 5.73 Å². The van der Waals surface area contributed by atoms with E-state index in [1.807, 2.05) is 0 Å². The average molecular weight is 211 g/mol. The third kappa shape index (κ3) is 3.30. The van der Waals surface area contributed by atoms with Crippen LogP contribution in [0.3, 0.4) is 0 Å². The van der Waals surface area contributed by atoms with E-state index in [0.29, 0.717) is 6.04 Å². The zero-order chi connectivity index (χ0) is 11.5. The molecule has 0 aliphatic carbocycles. The van der Waals surface area contributed by atoms with E-state index in [1.165, 1.54) is 5.57 Å². The van der Waals surface area contributed by atoms with Crippen molar-refractivity contribution in [2.24, 2.45) is 5.73 Å². The Kier molecular flexibility index (Phi) is 4.32. The Morgan fingerprint density at radius 1 is 1.67 bits per heavy atom. The van der Waals surface area contributed by atoms with E-state index in [0.717, 1.165) is 32.5 Å². The van der Waals surface area contributed by atoms with Gasteiger partial charge in [-0.3, -0.25) is 0 Å². The van der Waals surface area contributed by atoms with Crippen molar-refractivity contribution in [3.63, 3.8) is 0 Å². The molecule has 0 bridgehead atoms. The van der Waals surface area contributed by atoms with Gasteiger partial charge in [-0.05, 0) is 40.3 Å². The molecule has 88 valence electrons. The molecule has 1 saturated heterocycles. The summed E-state index contributed by atoms with van der Waals surface area (Å²) in [5, 5.41) is 3.58. The second-order valence-electron chi connectivity index (χ2n) is 5.08. The molecule has 1 rings (SSSR count). The summed E-state index contributed by atoms with van der Waals surface area (Å²) in [4.78, 5) is 2.40. The van der Waals surface area contributed by atoms with Crippen molar-refractivity contribution in [3.05, 3.63) is 12.2 Å². The Morgan fingerprint density at radius 2 is 2.33 bits per heavy atom. The number of hydrogen-bond donors (Lipinski definition) is 2. The smallest absolute Gasteiger partial charge is 0.0333 e. The van der Waals surface area contributed by atoms with Gasteiger partial charge in [-0.15, -0.1) is 0 Å². The number of likely N-dealkylation sites (tertiary alicyclic amines) is 1. The van der Waals surface area contributed by atoms with E-state index < -0.39 is 0 Å². The maximum atomic E-state index is 5.92. The van der Waals surface area contributed by atoms with Crippen molar-refractivity contribution in [1.82, 2.24) is 10.2 Å². The van der Waals surface area contributed by atoms with E-state index in [2.05, 4.69) is 37.7 Å². The van der Waals surface area contributed by atoms with Crippen LogP contribution in [-0.4, -0.2) is 43.2 Å². The third-order valence-corrected chi connectivity index (χ3v) is 3.54. The SMILES string of the molecule is C=C(C)CNC1(CN)CCN(C)C(C)C1. The molecule has 1 aliphatic heterocycles. The minimum absolute atomic E-state index is 0.130. The van der Waals surface area contributed by atoms with Gasteiger partial charge in [-0.1, -0.05) is 12.2 Å². The molecule has 1 aliphatic rings. The van der Waals surface area contributed by atoms with Crippen LogP contribution in [-0.2, 0) is 0 Å². The van der Waals surface area contributed by atoms with Crippen LogP contribution in [0.1, 0.15) is 26.7 Å². The molecule has 0 radical (unpaired) electrons. The van der Waals surface area contributed by atoms with Crippen LogP contribution in [0.5, 0.6) is 0 Å². The van der Waals surface area contributed by atoms with Gasteiger partial charge in [0.15, 0.2) is 0 Å². The molecule has 1 fully saturated rings. The van der Waals surface area contributed by atoms with E-state index in [9.17, 15) is 0 Å². The van der Waals surface area contributed by atoms with Crippen LogP contribution in [0.25, 0.3) is 0 Å². The standard InChI is InChI=1S/C12H25N3/c1-10(2)8-14-12(9-13)5-6-15(4)11(3)7-12/h11,14H,1,5-9,13H2,2-4H3. The van der Waals surface area contributed by atoms with Crippen molar-refractivity contribution < 1.29 is 0 Å². The molecule has 3 nitrogen and oxygen atoms in total. The maximum Gasteiger partial charge on any atom is 0.0333 e. The normalized spacial score (nSPS) is 32.9. The summed E-state index contributed by atoms with van der Waals surface area (Å²) in [5.41, 5.74) is 7.23. The van der Waals surface area contributed by atoms with Crippen LogP contribution in [0.15, 0.2) is 12.2 Å². The first kappa shape index (κ1) is 12.7.